The molecule has 0 bridgehead atoms. The molecule has 122 valence electrons. The Morgan fingerprint density at radius 1 is 1.13 bits per heavy atom. The van der Waals surface area contributed by atoms with Gasteiger partial charge in [-0.25, -0.2) is 10.5 Å². The molecule has 0 fully saturated rings. The van der Waals surface area contributed by atoms with Gasteiger partial charge in [0.25, 0.3) is 5.91 Å². The molecule has 0 atom stereocenters. The maximum Gasteiger partial charge on any atom is 0.422 e. The number of rotatable bonds is 6. The van der Waals surface area contributed by atoms with Gasteiger partial charge in [-0.05, 0) is 17.7 Å². The first-order chi connectivity index (χ1) is 11.0. The van der Waals surface area contributed by atoms with Crippen molar-refractivity contribution in [2.45, 2.75) is 12.8 Å². The molecule has 0 unspecified atom stereocenters. The van der Waals surface area contributed by atoms with E-state index in [9.17, 15) is 18.0 Å². The summed E-state index contributed by atoms with van der Waals surface area (Å²) in [4.78, 5) is 20.6. The van der Waals surface area contributed by atoms with E-state index in [4.69, 9.17) is 4.84 Å². The van der Waals surface area contributed by atoms with Crippen LogP contribution >= 0.6 is 0 Å². The van der Waals surface area contributed by atoms with E-state index in [1.807, 2.05) is 18.2 Å². The molecule has 0 radical (unpaired) electrons. The highest BCUT2D eigenvalue weighted by Crippen LogP contribution is 2.19. The van der Waals surface area contributed by atoms with Gasteiger partial charge in [0.2, 0.25) is 5.88 Å². The zero-order valence-corrected chi connectivity index (χ0v) is 11.8. The standard InChI is InChI=1S/C15H13F3N2O3/c16-15(17,18)10-22-14-12(7-4-8-19-14)13(21)20-23-9-11-5-2-1-3-6-11/h1-8H,9-10H2,(H,20,21). The Morgan fingerprint density at radius 2 is 1.87 bits per heavy atom. The molecule has 0 aliphatic rings. The topological polar surface area (TPSA) is 60.5 Å². The lowest BCUT2D eigenvalue weighted by Gasteiger charge is -2.12. The molecule has 0 saturated heterocycles. The molecule has 0 aliphatic carbocycles. The van der Waals surface area contributed by atoms with Gasteiger partial charge in [-0.15, -0.1) is 0 Å². The molecule has 1 aromatic carbocycles. The number of benzene rings is 1. The van der Waals surface area contributed by atoms with E-state index in [-0.39, 0.29) is 12.2 Å². The van der Waals surface area contributed by atoms with Crippen molar-refractivity contribution in [3.63, 3.8) is 0 Å². The van der Waals surface area contributed by atoms with Gasteiger partial charge in [0, 0.05) is 6.20 Å². The van der Waals surface area contributed by atoms with Crippen LogP contribution in [-0.4, -0.2) is 23.7 Å². The number of hydrogen-bond donors (Lipinski definition) is 1. The fourth-order valence-electron chi connectivity index (χ4n) is 1.64. The SMILES string of the molecule is O=C(NOCc1ccccc1)c1cccnc1OCC(F)(F)F. The third-order valence-electron chi connectivity index (χ3n) is 2.63. The van der Waals surface area contributed by atoms with Crippen LogP contribution in [0, 0.1) is 0 Å². The van der Waals surface area contributed by atoms with E-state index in [2.05, 4.69) is 15.2 Å². The second kappa shape index (κ2) is 7.59. The van der Waals surface area contributed by atoms with Gasteiger partial charge in [-0.2, -0.15) is 13.2 Å². The first-order valence-corrected chi connectivity index (χ1v) is 6.56. The van der Waals surface area contributed by atoms with Crippen LogP contribution in [0.5, 0.6) is 5.88 Å². The zero-order valence-electron chi connectivity index (χ0n) is 11.8. The van der Waals surface area contributed by atoms with E-state index in [1.165, 1.54) is 18.3 Å². The van der Waals surface area contributed by atoms with E-state index >= 15 is 0 Å². The van der Waals surface area contributed by atoms with Crippen molar-refractivity contribution in [1.29, 1.82) is 0 Å². The molecule has 1 amide bonds. The number of halogens is 3. The van der Waals surface area contributed by atoms with Gasteiger partial charge in [0.05, 0.1) is 6.61 Å². The summed E-state index contributed by atoms with van der Waals surface area (Å²) >= 11 is 0. The Hall–Kier alpha value is -2.61. The predicted molar refractivity (Wildman–Crippen MR) is 74.5 cm³/mol. The number of alkyl halides is 3. The van der Waals surface area contributed by atoms with Gasteiger partial charge in [-0.1, -0.05) is 30.3 Å². The fourth-order valence-corrected chi connectivity index (χ4v) is 1.64. The quantitative estimate of drug-likeness (QED) is 0.829. The highest BCUT2D eigenvalue weighted by molar-refractivity contribution is 5.95. The van der Waals surface area contributed by atoms with Crippen molar-refractivity contribution in [1.82, 2.24) is 10.5 Å². The number of amides is 1. The lowest BCUT2D eigenvalue weighted by atomic mass is 10.2. The minimum absolute atomic E-state index is 0.117. The Labute approximate surface area is 130 Å². The molecule has 5 nitrogen and oxygen atoms in total. The minimum Gasteiger partial charge on any atom is -0.467 e. The van der Waals surface area contributed by atoms with Crippen molar-refractivity contribution in [2.24, 2.45) is 0 Å². The maximum atomic E-state index is 12.2. The lowest BCUT2D eigenvalue weighted by Crippen LogP contribution is -2.26. The zero-order chi connectivity index (χ0) is 16.7. The Balaban J connectivity index is 1.93. The van der Waals surface area contributed by atoms with Gasteiger partial charge in [-0.3, -0.25) is 9.63 Å². The first-order valence-electron chi connectivity index (χ1n) is 6.56. The van der Waals surface area contributed by atoms with E-state index in [0.29, 0.717) is 0 Å². The number of aromatic nitrogens is 1. The number of pyridine rings is 1. The van der Waals surface area contributed by atoms with Crippen LogP contribution in [0.4, 0.5) is 13.2 Å². The van der Waals surface area contributed by atoms with Gasteiger partial charge < -0.3 is 4.74 Å². The van der Waals surface area contributed by atoms with Gasteiger partial charge in [0.1, 0.15) is 5.56 Å². The number of nitrogens with zero attached hydrogens (tertiary/aromatic N) is 1. The molecule has 1 N–H and O–H groups in total. The third-order valence-corrected chi connectivity index (χ3v) is 2.63. The normalized spacial score (nSPS) is 11.1. The largest absolute Gasteiger partial charge is 0.467 e. The molecule has 0 aliphatic heterocycles. The van der Waals surface area contributed by atoms with Crippen molar-refractivity contribution >= 4 is 5.91 Å². The number of hydroxylamine groups is 1. The average Bonchev–Trinajstić information content (AvgIpc) is 2.53. The number of hydrogen-bond acceptors (Lipinski definition) is 4. The van der Waals surface area contributed by atoms with Gasteiger partial charge >= 0.3 is 6.18 Å². The molecule has 0 saturated carbocycles. The molecular formula is C15H13F3N2O3. The Kier molecular flexibility index (Phi) is 5.53. The van der Waals surface area contributed by atoms with Crippen molar-refractivity contribution < 1.29 is 27.5 Å². The summed E-state index contributed by atoms with van der Waals surface area (Å²) in [6.45, 7) is -1.42. The van der Waals surface area contributed by atoms with Crippen LogP contribution in [-0.2, 0) is 11.4 Å². The van der Waals surface area contributed by atoms with Crippen LogP contribution in [0.2, 0.25) is 0 Å². The Bertz CT molecular complexity index is 648. The summed E-state index contributed by atoms with van der Waals surface area (Å²) < 4.78 is 41.1. The summed E-state index contributed by atoms with van der Waals surface area (Å²) in [6.07, 6.45) is -3.29. The van der Waals surface area contributed by atoms with E-state index < -0.39 is 24.6 Å². The summed E-state index contributed by atoms with van der Waals surface area (Å²) in [5.74, 6) is -1.16. The minimum atomic E-state index is -4.52. The second-order valence-electron chi connectivity index (χ2n) is 4.47. The highest BCUT2D eigenvalue weighted by Gasteiger charge is 2.29. The van der Waals surface area contributed by atoms with E-state index in [1.54, 1.807) is 12.1 Å². The highest BCUT2D eigenvalue weighted by atomic mass is 19.4. The molecule has 0 spiro atoms. The summed E-state index contributed by atoms with van der Waals surface area (Å²) in [7, 11) is 0. The van der Waals surface area contributed by atoms with Crippen LogP contribution < -0.4 is 10.2 Å². The summed E-state index contributed by atoms with van der Waals surface area (Å²) in [6, 6.07) is 11.8. The maximum absolute atomic E-state index is 12.2. The van der Waals surface area contributed by atoms with Crippen LogP contribution in [0.1, 0.15) is 15.9 Å². The predicted octanol–water partition coefficient (Wildman–Crippen LogP) is 2.88. The van der Waals surface area contributed by atoms with Crippen LogP contribution in [0.15, 0.2) is 48.7 Å². The van der Waals surface area contributed by atoms with Crippen LogP contribution in [0.25, 0.3) is 0 Å². The first kappa shape index (κ1) is 16.8. The molecule has 2 rings (SSSR count). The van der Waals surface area contributed by atoms with Gasteiger partial charge in [0.15, 0.2) is 6.61 Å². The van der Waals surface area contributed by atoms with Crippen molar-refractivity contribution in [2.75, 3.05) is 6.61 Å². The smallest absolute Gasteiger partial charge is 0.422 e. The monoisotopic (exact) mass is 326 g/mol. The molecule has 1 heterocycles. The number of nitrogens with one attached hydrogen (secondary N) is 1. The molecule has 2 aromatic rings. The summed E-state index contributed by atoms with van der Waals surface area (Å²) in [5, 5.41) is 0. The van der Waals surface area contributed by atoms with Crippen molar-refractivity contribution in [3.8, 4) is 5.88 Å². The average molecular weight is 326 g/mol. The molecule has 8 heteroatoms. The molecule has 23 heavy (non-hydrogen) atoms. The number of carbonyl (C=O) groups is 1. The Morgan fingerprint density at radius 3 is 2.57 bits per heavy atom. The lowest BCUT2D eigenvalue weighted by molar-refractivity contribution is -0.154. The second-order valence-corrected chi connectivity index (χ2v) is 4.47. The molecular weight excluding hydrogens is 313 g/mol. The van der Waals surface area contributed by atoms with Crippen LogP contribution in [0.3, 0.4) is 0 Å². The van der Waals surface area contributed by atoms with E-state index in [0.717, 1.165) is 5.56 Å². The number of ether oxygens (including phenoxy) is 1. The van der Waals surface area contributed by atoms with Crippen molar-refractivity contribution in [3.05, 3.63) is 59.8 Å². The fraction of sp³-hybridized carbons (Fsp3) is 0.200. The summed E-state index contributed by atoms with van der Waals surface area (Å²) in [5.41, 5.74) is 2.82. The number of carbonyl (C=O) groups excluding carboxylic acids is 1. The third kappa shape index (κ3) is 5.59. The molecule has 1 aromatic heterocycles.